The van der Waals surface area contributed by atoms with Crippen LogP contribution in [0.15, 0.2) is 24.3 Å². The van der Waals surface area contributed by atoms with E-state index >= 15 is 0 Å². The Morgan fingerprint density at radius 2 is 1.85 bits per heavy atom. The molecular formula is C20H31FN4O. The number of carbonyl (C=O) groups excluding carboxylic acids is 1. The van der Waals surface area contributed by atoms with Gasteiger partial charge in [-0.1, -0.05) is 18.2 Å². The monoisotopic (exact) mass is 362 g/mol. The van der Waals surface area contributed by atoms with Crippen molar-refractivity contribution in [2.24, 2.45) is 0 Å². The van der Waals surface area contributed by atoms with Crippen molar-refractivity contribution < 1.29 is 9.18 Å². The molecule has 26 heavy (non-hydrogen) atoms. The summed E-state index contributed by atoms with van der Waals surface area (Å²) in [6.45, 7) is 6.79. The Morgan fingerprint density at radius 3 is 2.62 bits per heavy atom. The quantitative estimate of drug-likeness (QED) is 0.836. The summed E-state index contributed by atoms with van der Waals surface area (Å²) in [7, 11) is 2.12. The number of hydrogen-bond donors (Lipinski definition) is 1. The molecule has 6 heteroatoms. The third-order valence-corrected chi connectivity index (χ3v) is 5.52. The molecule has 0 aromatic heterocycles. The molecule has 2 aliphatic heterocycles. The van der Waals surface area contributed by atoms with Crippen molar-refractivity contribution in [1.82, 2.24) is 20.0 Å². The van der Waals surface area contributed by atoms with Crippen molar-refractivity contribution in [1.29, 1.82) is 0 Å². The summed E-state index contributed by atoms with van der Waals surface area (Å²) in [5, 5.41) is 3.06. The number of halogens is 1. The van der Waals surface area contributed by atoms with Crippen LogP contribution in [0.5, 0.6) is 0 Å². The number of nitrogens with one attached hydrogen (secondary N) is 1. The van der Waals surface area contributed by atoms with E-state index in [0.29, 0.717) is 18.7 Å². The van der Waals surface area contributed by atoms with Gasteiger partial charge in [-0.3, -0.25) is 14.6 Å². The first-order valence-electron chi connectivity index (χ1n) is 9.79. The molecule has 0 radical (unpaired) electrons. The highest BCUT2D eigenvalue weighted by Gasteiger charge is 2.26. The minimum absolute atomic E-state index is 0.0371. The van der Waals surface area contributed by atoms with Gasteiger partial charge in [0.1, 0.15) is 5.82 Å². The zero-order chi connectivity index (χ0) is 18.4. The van der Waals surface area contributed by atoms with E-state index in [1.165, 1.54) is 6.07 Å². The molecule has 0 unspecified atom stereocenters. The molecule has 1 atom stereocenters. The summed E-state index contributed by atoms with van der Waals surface area (Å²) in [6.07, 6.45) is 3.37. The van der Waals surface area contributed by atoms with Crippen molar-refractivity contribution in [3.63, 3.8) is 0 Å². The lowest BCUT2D eigenvalue weighted by Gasteiger charge is -2.29. The van der Waals surface area contributed by atoms with Gasteiger partial charge in [-0.2, -0.15) is 0 Å². The number of likely N-dealkylation sites (tertiary alicyclic amines) is 1. The predicted molar refractivity (Wildman–Crippen MR) is 102 cm³/mol. The second-order valence-electron chi connectivity index (χ2n) is 7.52. The number of rotatable bonds is 6. The minimum Gasteiger partial charge on any atom is -0.353 e. The normalized spacial score (nSPS) is 21.5. The fourth-order valence-electron chi connectivity index (χ4n) is 3.96. The van der Waals surface area contributed by atoms with Crippen LogP contribution in [0.1, 0.15) is 30.9 Å². The Bertz CT molecular complexity index is 591. The molecule has 0 aliphatic carbocycles. The van der Waals surface area contributed by atoms with Crippen LogP contribution in [0, 0.1) is 5.82 Å². The summed E-state index contributed by atoms with van der Waals surface area (Å²) in [6, 6.07) is 6.85. The highest BCUT2D eigenvalue weighted by Crippen LogP contribution is 2.26. The van der Waals surface area contributed by atoms with Gasteiger partial charge in [-0.05, 0) is 58.6 Å². The van der Waals surface area contributed by atoms with Crippen LogP contribution < -0.4 is 5.32 Å². The lowest BCUT2D eigenvalue weighted by Crippen LogP contribution is -2.42. The Hall–Kier alpha value is -1.50. The molecule has 5 nitrogen and oxygen atoms in total. The second kappa shape index (κ2) is 9.44. The Kier molecular flexibility index (Phi) is 7.00. The topological polar surface area (TPSA) is 38.8 Å². The van der Waals surface area contributed by atoms with Crippen LogP contribution >= 0.6 is 0 Å². The third-order valence-electron chi connectivity index (χ3n) is 5.52. The van der Waals surface area contributed by atoms with Gasteiger partial charge in [0.15, 0.2) is 0 Å². The highest BCUT2D eigenvalue weighted by atomic mass is 19.1. The van der Waals surface area contributed by atoms with Gasteiger partial charge in [0.25, 0.3) is 0 Å². The van der Waals surface area contributed by atoms with E-state index in [4.69, 9.17) is 0 Å². The van der Waals surface area contributed by atoms with E-state index in [9.17, 15) is 9.18 Å². The summed E-state index contributed by atoms with van der Waals surface area (Å²) in [4.78, 5) is 19.3. The van der Waals surface area contributed by atoms with Crippen LogP contribution in [0.3, 0.4) is 0 Å². The van der Waals surface area contributed by atoms with E-state index in [0.717, 1.165) is 58.5 Å². The van der Waals surface area contributed by atoms with Crippen LogP contribution in [-0.4, -0.2) is 80.0 Å². The second-order valence-corrected chi connectivity index (χ2v) is 7.52. The molecule has 1 amide bonds. The van der Waals surface area contributed by atoms with E-state index in [1.54, 1.807) is 6.07 Å². The molecule has 2 saturated heterocycles. The fraction of sp³-hybridized carbons (Fsp3) is 0.650. The molecule has 2 fully saturated rings. The molecule has 2 heterocycles. The molecule has 1 N–H and O–H groups in total. The van der Waals surface area contributed by atoms with Gasteiger partial charge in [-0.15, -0.1) is 0 Å². The number of amides is 1. The smallest absolute Gasteiger partial charge is 0.234 e. The van der Waals surface area contributed by atoms with E-state index < -0.39 is 0 Å². The van der Waals surface area contributed by atoms with Gasteiger partial charge in [0.2, 0.25) is 5.91 Å². The van der Waals surface area contributed by atoms with E-state index in [-0.39, 0.29) is 17.8 Å². The van der Waals surface area contributed by atoms with Crippen LogP contribution in [0.25, 0.3) is 0 Å². The maximum Gasteiger partial charge on any atom is 0.234 e. The molecular weight excluding hydrogens is 331 g/mol. The molecule has 0 saturated carbocycles. The molecule has 144 valence electrons. The van der Waals surface area contributed by atoms with Crippen molar-refractivity contribution >= 4 is 5.91 Å². The summed E-state index contributed by atoms with van der Waals surface area (Å²) >= 11 is 0. The predicted octanol–water partition coefficient (Wildman–Crippen LogP) is 1.72. The molecule has 3 rings (SSSR count). The number of likely N-dealkylation sites (N-methyl/N-ethyl adjacent to an activating group) is 1. The van der Waals surface area contributed by atoms with Crippen molar-refractivity contribution in [2.45, 2.75) is 25.3 Å². The Balaban J connectivity index is 1.57. The van der Waals surface area contributed by atoms with Crippen LogP contribution in [0.2, 0.25) is 0 Å². The van der Waals surface area contributed by atoms with Gasteiger partial charge in [-0.25, -0.2) is 4.39 Å². The number of benzene rings is 1. The third kappa shape index (κ3) is 5.25. The highest BCUT2D eigenvalue weighted by molar-refractivity contribution is 5.78. The van der Waals surface area contributed by atoms with Crippen LogP contribution in [0.4, 0.5) is 4.39 Å². The molecule has 1 aromatic carbocycles. The molecule has 1 aromatic rings. The van der Waals surface area contributed by atoms with Gasteiger partial charge >= 0.3 is 0 Å². The van der Waals surface area contributed by atoms with Crippen LogP contribution in [-0.2, 0) is 4.79 Å². The Morgan fingerprint density at radius 1 is 1.08 bits per heavy atom. The molecule has 0 bridgehead atoms. The minimum atomic E-state index is -0.186. The van der Waals surface area contributed by atoms with Gasteiger partial charge in [0, 0.05) is 25.2 Å². The van der Waals surface area contributed by atoms with Gasteiger partial charge < -0.3 is 10.2 Å². The van der Waals surface area contributed by atoms with E-state index in [2.05, 4.69) is 27.1 Å². The first-order chi connectivity index (χ1) is 12.6. The summed E-state index contributed by atoms with van der Waals surface area (Å²) in [5.41, 5.74) is 0.686. The zero-order valence-electron chi connectivity index (χ0n) is 15.8. The molecule has 2 aliphatic rings. The summed E-state index contributed by atoms with van der Waals surface area (Å²) in [5.74, 6) is -0.149. The van der Waals surface area contributed by atoms with Crippen molar-refractivity contribution in [3.05, 3.63) is 35.6 Å². The Labute approximate surface area is 156 Å². The first-order valence-corrected chi connectivity index (χ1v) is 9.79. The maximum atomic E-state index is 14.3. The van der Waals surface area contributed by atoms with E-state index in [1.807, 2.05) is 12.1 Å². The lowest BCUT2D eigenvalue weighted by molar-refractivity contribution is -0.122. The molecule has 0 spiro atoms. The standard InChI is InChI=1S/C20H31FN4O/c1-23-9-6-10-24(14-13-23)16-20(26)22-15-19(25-11-4-5-12-25)17-7-2-3-8-18(17)21/h2-3,7-8,19H,4-6,9-16H2,1H3,(H,22,26)/t19-/m0/s1. The number of carbonyl (C=O) groups is 1. The first kappa shape index (κ1) is 19.3. The average Bonchev–Trinajstić information content (AvgIpc) is 3.08. The lowest BCUT2D eigenvalue weighted by atomic mass is 10.0. The van der Waals surface area contributed by atoms with Crippen molar-refractivity contribution in [2.75, 3.05) is 59.4 Å². The SMILES string of the molecule is CN1CCCN(CC(=O)NC[C@@H](c2ccccc2F)N2CCCC2)CC1. The van der Waals surface area contributed by atoms with Crippen molar-refractivity contribution in [3.8, 4) is 0 Å². The average molecular weight is 362 g/mol. The number of hydrogen-bond acceptors (Lipinski definition) is 4. The zero-order valence-corrected chi connectivity index (χ0v) is 15.8. The summed E-state index contributed by atoms with van der Waals surface area (Å²) < 4.78 is 14.3. The fourth-order valence-corrected chi connectivity index (χ4v) is 3.96. The largest absolute Gasteiger partial charge is 0.353 e. The van der Waals surface area contributed by atoms with Gasteiger partial charge in [0.05, 0.1) is 12.6 Å². The number of nitrogens with zero attached hydrogens (tertiary/aromatic N) is 3. The maximum absolute atomic E-state index is 14.3.